The van der Waals surface area contributed by atoms with Gasteiger partial charge in [0.15, 0.2) is 11.5 Å². The summed E-state index contributed by atoms with van der Waals surface area (Å²) in [5.41, 5.74) is 1.43. The Morgan fingerprint density at radius 3 is 2.86 bits per heavy atom. The minimum Gasteiger partial charge on any atom is -0.475 e. The Kier molecular flexibility index (Phi) is 2.37. The molecule has 2 aromatic heterocycles. The molecular formula is C13H9N3O5. The minimum atomic E-state index is -1.10. The van der Waals surface area contributed by atoms with Gasteiger partial charge < -0.3 is 19.0 Å². The molecule has 106 valence electrons. The van der Waals surface area contributed by atoms with E-state index in [0.29, 0.717) is 22.8 Å². The Balaban J connectivity index is 1.71. The molecule has 0 amide bonds. The number of carboxylic acids is 1. The van der Waals surface area contributed by atoms with E-state index in [4.69, 9.17) is 19.0 Å². The van der Waals surface area contributed by atoms with Gasteiger partial charge in [-0.3, -0.25) is 0 Å². The Bertz CT molecular complexity index is 851. The van der Waals surface area contributed by atoms with Gasteiger partial charge in [-0.1, -0.05) is 5.21 Å². The topological polar surface area (TPSA) is 99.6 Å². The van der Waals surface area contributed by atoms with Crippen LogP contribution in [0.25, 0.3) is 11.0 Å². The molecule has 4 rings (SSSR count). The second-order valence-electron chi connectivity index (χ2n) is 4.51. The first-order valence-corrected chi connectivity index (χ1v) is 6.15. The standard InChI is InChI=1S/C13H9N3O5/c17-13(18)10-2-1-7(21-10)5-16-9-4-12-11(19-6-20-12)3-8(9)14-15-16/h1-4H,5-6H2,(H,17,18). The second kappa shape index (κ2) is 4.23. The summed E-state index contributed by atoms with van der Waals surface area (Å²) < 4.78 is 17.4. The van der Waals surface area contributed by atoms with Crippen molar-refractivity contribution in [3.8, 4) is 11.5 Å². The van der Waals surface area contributed by atoms with E-state index in [2.05, 4.69) is 10.3 Å². The van der Waals surface area contributed by atoms with Gasteiger partial charge in [-0.25, -0.2) is 9.48 Å². The van der Waals surface area contributed by atoms with Crippen LogP contribution in [0.1, 0.15) is 16.3 Å². The fraction of sp³-hybridized carbons (Fsp3) is 0.154. The molecule has 3 heterocycles. The van der Waals surface area contributed by atoms with Gasteiger partial charge in [0.1, 0.15) is 17.8 Å². The molecule has 0 unspecified atom stereocenters. The molecule has 8 nitrogen and oxygen atoms in total. The molecule has 21 heavy (non-hydrogen) atoms. The highest BCUT2D eigenvalue weighted by Crippen LogP contribution is 2.35. The fourth-order valence-corrected chi connectivity index (χ4v) is 2.20. The number of aromatic nitrogens is 3. The molecule has 0 atom stereocenters. The predicted molar refractivity (Wildman–Crippen MR) is 68.4 cm³/mol. The number of nitrogens with zero attached hydrogens (tertiary/aromatic N) is 3. The van der Waals surface area contributed by atoms with Crippen molar-refractivity contribution < 1.29 is 23.8 Å². The van der Waals surface area contributed by atoms with Gasteiger partial charge in [0.05, 0.1) is 5.52 Å². The van der Waals surface area contributed by atoms with Crippen LogP contribution >= 0.6 is 0 Å². The van der Waals surface area contributed by atoms with Crippen LogP contribution in [0.5, 0.6) is 11.5 Å². The van der Waals surface area contributed by atoms with Crippen molar-refractivity contribution in [2.24, 2.45) is 0 Å². The SMILES string of the molecule is O=C(O)c1ccc(Cn2nnc3cc4c(cc32)OCO4)o1. The normalized spacial score (nSPS) is 13.0. The minimum absolute atomic E-state index is 0.105. The third kappa shape index (κ3) is 1.88. The molecule has 0 radical (unpaired) electrons. The van der Waals surface area contributed by atoms with Crippen molar-refractivity contribution >= 4 is 17.0 Å². The molecule has 8 heteroatoms. The lowest BCUT2D eigenvalue weighted by Crippen LogP contribution is -2.01. The third-order valence-corrected chi connectivity index (χ3v) is 3.19. The molecule has 0 aliphatic carbocycles. The van der Waals surface area contributed by atoms with Gasteiger partial charge in [-0.15, -0.1) is 5.10 Å². The number of hydrogen-bond acceptors (Lipinski definition) is 6. The summed E-state index contributed by atoms with van der Waals surface area (Å²) in [5, 5.41) is 16.9. The number of carboxylic acid groups (broad SMARTS) is 1. The summed E-state index contributed by atoms with van der Waals surface area (Å²) in [5.74, 6) is 0.550. The van der Waals surface area contributed by atoms with E-state index in [-0.39, 0.29) is 19.1 Å². The first-order chi connectivity index (χ1) is 10.2. The molecule has 1 aliphatic heterocycles. The van der Waals surface area contributed by atoms with Crippen LogP contribution in [0.4, 0.5) is 0 Å². The highest BCUT2D eigenvalue weighted by Gasteiger charge is 2.18. The van der Waals surface area contributed by atoms with E-state index in [0.717, 1.165) is 5.52 Å². The maximum Gasteiger partial charge on any atom is 0.371 e. The largest absolute Gasteiger partial charge is 0.475 e. The van der Waals surface area contributed by atoms with E-state index in [1.165, 1.54) is 6.07 Å². The molecule has 0 spiro atoms. The first-order valence-electron chi connectivity index (χ1n) is 6.15. The smallest absolute Gasteiger partial charge is 0.371 e. The predicted octanol–water partition coefficient (Wildman–Crippen LogP) is 1.50. The Morgan fingerprint density at radius 1 is 1.29 bits per heavy atom. The zero-order valence-corrected chi connectivity index (χ0v) is 10.6. The van der Waals surface area contributed by atoms with Gasteiger partial charge in [0.25, 0.3) is 0 Å². The maximum absolute atomic E-state index is 10.8. The van der Waals surface area contributed by atoms with Crippen LogP contribution in [0.2, 0.25) is 0 Å². The second-order valence-corrected chi connectivity index (χ2v) is 4.51. The summed E-state index contributed by atoms with van der Waals surface area (Å²) in [4.78, 5) is 10.8. The van der Waals surface area contributed by atoms with Crippen LogP contribution in [0, 0.1) is 0 Å². The Labute approximate surface area is 117 Å². The highest BCUT2D eigenvalue weighted by molar-refractivity contribution is 5.84. The van der Waals surface area contributed by atoms with Crippen molar-refractivity contribution in [1.29, 1.82) is 0 Å². The third-order valence-electron chi connectivity index (χ3n) is 3.19. The molecule has 0 saturated carbocycles. The quantitative estimate of drug-likeness (QED) is 0.779. The van der Waals surface area contributed by atoms with Crippen molar-refractivity contribution in [3.63, 3.8) is 0 Å². The average Bonchev–Trinajstić information content (AvgIpc) is 3.17. The number of ether oxygens (including phenoxy) is 2. The number of fused-ring (bicyclic) bond motifs is 2. The zero-order valence-electron chi connectivity index (χ0n) is 10.6. The molecule has 0 fully saturated rings. The van der Waals surface area contributed by atoms with Crippen molar-refractivity contribution in [2.45, 2.75) is 6.54 Å². The van der Waals surface area contributed by atoms with Gasteiger partial charge in [0.2, 0.25) is 12.6 Å². The molecule has 1 aliphatic rings. The maximum atomic E-state index is 10.8. The van der Waals surface area contributed by atoms with Crippen molar-refractivity contribution in [1.82, 2.24) is 15.0 Å². The summed E-state index contributed by atoms with van der Waals surface area (Å²) >= 11 is 0. The zero-order chi connectivity index (χ0) is 14.4. The van der Waals surface area contributed by atoms with E-state index in [1.807, 2.05) is 0 Å². The highest BCUT2D eigenvalue weighted by atomic mass is 16.7. The molecule has 1 N–H and O–H groups in total. The van der Waals surface area contributed by atoms with Crippen LogP contribution in [-0.2, 0) is 6.54 Å². The summed E-state index contributed by atoms with van der Waals surface area (Å²) in [6.07, 6.45) is 0. The van der Waals surface area contributed by atoms with Crippen LogP contribution in [0.3, 0.4) is 0 Å². The lowest BCUT2D eigenvalue weighted by atomic mass is 10.2. The van der Waals surface area contributed by atoms with Gasteiger partial charge >= 0.3 is 5.97 Å². The molecule has 1 aromatic carbocycles. The van der Waals surface area contributed by atoms with Crippen molar-refractivity contribution in [2.75, 3.05) is 6.79 Å². The average molecular weight is 287 g/mol. The van der Waals surface area contributed by atoms with Gasteiger partial charge in [-0.05, 0) is 12.1 Å². The number of carbonyl (C=O) groups is 1. The summed E-state index contributed by atoms with van der Waals surface area (Å²) in [6.45, 7) is 0.471. The Morgan fingerprint density at radius 2 is 2.10 bits per heavy atom. The summed E-state index contributed by atoms with van der Waals surface area (Å²) in [7, 11) is 0. The first kappa shape index (κ1) is 11.8. The van der Waals surface area contributed by atoms with Gasteiger partial charge in [-0.2, -0.15) is 0 Å². The lowest BCUT2D eigenvalue weighted by molar-refractivity contribution is 0.0660. The van der Waals surface area contributed by atoms with E-state index in [9.17, 15) is 4.79 Å². The number of furan rings is 1. The van der Waals surface area contributed by atoms with Gasteiger partial charge in [0, 0.05) is 12.1 Å². The number of rotatable bonds is 3. The number of aromatic carboxylic acids is 1. The van der Waals surface area contributed by atoms with E-state index in [1.54, 1.807) is 22.9 Å². The number of benzene rings is 1. The molecule has 3 aromatic rings. The molecule has 0 saturated heterocycles. The fourth-order valence-electron chi connectivity index (χ4n) is 2.20. The van der Waals surface area contributed by atoms with Crippen LogP contribution in [0.15, 0.2) is 28.7 Å². The van der Waals surface area contributed by atoms with Crippen molar-refractivity contribution in [3.05, 3.63) is 35.8 Å². The number of hydrogen-bond donors (Lipinski definition) is 1. The van der Waals surface area contributed by atoms with Crippen LogP contribution in [-0.4, -0.2) is 32.9 Å². The monoisotopic (exact) mass is 287 g/mol. The molecule has 0 bridgehead atoms. The van der Waals surface area contributed by atoms with E-state index < -0.39 is 5.97 Å². The van der Waals surface area contributed by atoms with E-state index >= 15 is 0 Å². The van der Waals surface area contributed by atoms with Crippen LogP contribution < -0.4 is 9.47 Å². The lowest BCUT2D eigenvalue weighted by Gasteiger charge is -2.00. The summed E-state index contributed by atoms with van der Waals surface area (Å²) in [6, 6.07) is 6.56. The Hall–Kier alpha value is -3.03. The molecular weight excluding hydrogens is 278 g/mol.